The number of nitrogens with one attached hydrogen (secondary N) is 1. The quantitative estimate of drug-likeness (QED) is 0.283. The molecule has 8 nitrogen and oxygen atoms in total. The number of hydrogen-bond acceptors (Lipinski definition) is 8. The van der Waals surface area contributed by atoms with Crippen molar-refractivity contribution in [3.63, 3.8) is 0 Å². The first-order chi connectivity index (χ1) is 18.2. The third kappa shape index (κ3) is 4.48. The summed E-state index contributed by atoms with van der Waals surface area (Å²) in [4.78, 5) is 13.4. The van der Waals surface area contributed by atoms with Crippen LogP contribution in [-0.2, 0) is 9.53 Å². The van der Waals surface area contributed by atoms with E-state index < -0.39 is 41.0 Å². The lowest BCUT2D eigenvalue weighted by Crippen LogP contribution is -2.63. The van der Waals surface area contributed by atoms with E-state index in [9.17, 15) is 30.3 Å². The van der Waals surface area contributed by atoms with Crippen LogP contribution in [0.4, 0.5) is 0 Å². The Labute approximate surface area is 233 Å². The van der Waals surface area contributed by atoms with Gasteiger partial charge in [0.05, 0.1) is 36.1 Å². The van der Waals surface area contributed by atoms with E-state index in [1.54, 1.807) is 19.9 Å². The number of aliphatic hydroxyl groups excluding tert-OH is 3. The number of aliphatic hydroxyl groups is 5. The topological polar surface area (TPSA) is 139 Å². The first kappa shape index (κ1) is 29.6. The second-order valence-corrected chi connectivity index (χ2v) is 14.6. The summed E-state index contributed by atoms with van der Waals surface area (Å²) in [6.45, 7) is 11.2. The molecule has 0 bridgehead atoms. The molecular formula is C31H51NO7. The highest BCUT2D eigenvalue weighted by molar-refractivity contribution is 5.95. The highest BCUT2D eigenvalue weighted by Crippen LogP contribution is 2.68. The van der Waals surface area contributed by atoms with Gasteiger partial charge < -0.3 is 35.6 Å². The van der Waals surface area contributed by atoms with Gasteiger partial charge in [-0.15, -0.1) is 0 Å². The van der Waals surface area contributed by atoms with E-state index in [1.165, 1.54) is 0 Å². The van der Waals surface area contributed by atoms with Crippen molar-refractivity contribution in [1.82, 2.24) is 5.32 Å². The maximum Gasteiger partial charge on any atom is 0.159 e. The molecule has 0 radical (unpaired) electrons. The molecule has 5 rings (SSSR count). The molecule has 3 saturated carbocycles. The number of hydrogen-bond donors (Lipinski definition) is 6. The first-order valence-electron chi connectivity index (χ1n) is 15.2. The van der Waals surface area contributed by atoms with E-state index in [-0.39, 0.29) is 40.8 Å². The largest absolute Gasteiger partial charge is 0.393 e. The number of fused-ring (bicyclic) bond motifs is 5. The normalized spacial score (nSPS) is 48.9. The third-order valence-corrected chi connectivity index (χ3v) is 12.2. The van der Waals surface area contributed by atoms with E-state index >= 15 is 0 Å². The molecule has 39 heavy (non-hydrogen) atoms. The zero-order chi connectivity index (χ0) is 28.5. The Morgan fingerprint density at radius 2 is 1.87 bits per heavy atom. The Balaban J connectivity index is 1.41. The van der Waals surface area contributed by atoms with Crippen LogP contribution < -0.4 is 5.32 Å². The number of rotatable bonds is 7. The number of carbonyl (C=O) groups excluding carboxylic acids is 1. The SMILES string of the molecule is C[C@H](O)CNC[C@H]1[C@@H]([C@@H](O)[C@@](C)(O)[C@H]2CC[C@@]3(O)C4=CC(=O)[C@@H]5C[C@@H](O)CC[C@]5(C)[C@H]4CC[C@]23C)OC[C@@H]1C. The van der Waals surface area contributed by atoms with Crippen LogP contribution in [0.3, 0.4) is 0 Å². The van der Waals surface area contributed by atoms with Gasteiger partial charge >= 0.3 is 0 Å². The lowest BCUT2D eigenvalue weighted by molar-refractivity contribution is -0.193. The lowest BCUT2D eigenvalue weighted by atomic mass is 9.46. The van der Waals surface area contributed by atoms with Crippen molar-refractivity contribution in [2.45, 2.75) is 115 Å². The highest BCUT2D eigenvalue weighted by atomic mass is 16.5. The summed E-state index contributed by atoms with van der Waals surface area (Å²) in [5.41, 5.74) is -2.91. The van der Waals surface area contributed by atoms with Gasteiger partial charge in [0.2, 0.25) is 0 Å². The van der Waals surface area contributed by atoms with Gasteiger partial charge in [-0.05, 0) is 93.6 Å². The van der Waals surface area contributed by atoms with Gasteiger partial charge in [-0.2, -0.15) is 0 Å². The lowest BCUT2D eigenvalue weighted by Gasteiger charge is -2.60. The molecule has 1 saturated heterocycles. The molecule has 0 spiro atoms. The predicted octanol–water partition coefficient (Wildman–Crippen LogP) is 1.95. The van der Waals surface area contributed by atoms with Gasteiger partial charge in [0.1, 0.15) is 6.10 Å². The second-order valence-electron chi connectivity index (χ2n) is 14.6. The van der Waals surface area contributed by atoms with Crippen molar-refractivity contribution in [3.8, 4) is 0 Å². The Hall–Kier alpha value is -0.870. The Morgan fingerprint density at radius 3 is 2.56 bits per heavy atom. The summed E-state index contributed by atoms with van der Waals surface area (Å²) in [6.07, 6.45) is 3.48. The Kier molecular flexibility index (Phi) is 7.70. The van der Waals surface area contributed by atoms with Crippen LogP contribution in [-0.4, -0.2) is 86.6 Å². The van der Waals surface area contributed by atoms with E-state index in [0.717, 1.165) is 18.4 Å². The minimum atomic E-state index is -1.51. The average molecular weight is 550 g/mol. The standard InChI is InChI=1S/C31H51NO7/c1-17-16-39-26(20(17)15-32-14-18(2)33)27(36)30(5,37)25-8-11-31(38)22-13-24(35)23-12-19(34)6-9-28(23,3)21(22)7-10-29(25,31)4/h13,17-21,23,25-27,32-34,36-38H,6-12,14-16H2,1-5H3/t17-,18-,19-,20+,21-,23-,25-,26-,27+,28+,29+,30-,31+/m0/s1. The molecule has 6 N–H and O–H groups in total. The number of ketones is 1. The minimum absolute atomic E-state index is 0.0105. The first-order valence-corrected chi connectivity index (χ1v) is 15.2. The smallest absolute Gasteiger partial charge is 0.159 e. The summed E-state index contributed by atoms with van der Waals surface area (Å²) < 4.78 is 6.07. The van der Waals surface area contributed by atoms with E-state index in [1.807, 2.05) is 6.92 Å². The second kappa shape index (κ2) is 10.1. The summed E-state index contributed by atoms with van der Waals surface area (Å²) in [5.74, 6) is -0.350. The molecule has 4 aliphatic carbocycles. The minimum Gasteiger partial charge on any atom is -0.393 e. The molecule has 0 unspecified atom stereocenters. The Morgan fingerprint density at radius 1 is 1.15 bits per heavy atom. The summed E-state index contributed by atoms with van der Waals surface area (Å²) in [5, 5.41) is 59.4. The fourth-order valence-corrected chi connectivity index (χ4v) is 9.73. The average Bonchev–Trinajstić information content (AvgIpc) is 3.36. The van der Waals surface area contributed by atoms with Gasteiger partial charge in [-0.1, -0.05) is 20.8 Å². The molecule has 0 aromatic carbocycles. The molecule has 222 valence electrons. The highest BCUT2D eigenvalue weighted by Gasteiger charge is 2.69. The molecule has 13 atom stereocenters. The van der Waals surface area contributed by atoms with Crippen molar-refractivity contribution >= 4 is 5.78 Å². The van der Waals surface area contributed by atoms with Crippen LogP contribution >= 0.6 is 0 Å². The van der Waals surface area contributed by atoms with Crippen molar-refractivity contribution in [2.24, 2.45) is 40.4 Å². The summed E-state index contributed by atoms with van der Waals surface area (Å²) in [6, 6.07) is 0. The van der Waals surface area contributed by atoms with Crippen molar-refractivity contribution in [1.29, 1.82) is 0 Å². The van der Waals surface area contributed by atoms with Gasteiger partial charge in [-0.3, -0.25) is 4.79 Å². The molecule has 8 heteroatoms. The van der Waals surface area contributed by atoms with E-state index in [2.05, 4.69) is 19.2 Å². The maximum absolute atomic E-state index is 13.4. The number of allylic oxidation sites excluding steroid dienone is 1. The molecule has 0 aromatic rings. The zero-order valence-corrected chi connectivity index (χ0v) is 24.4. The van der Waals surface area contributed by atoms with Crippen molar-refractivity contribution in [3.05, 3.63) is 11.6 Å². The number of ether oxygens (including phenoxy) is 1. The van der Waals surface area contributed by atoms with Gasteiger partial charge in [-0.25, -0.2) is 0 Å². The third-order valence-electron chi connectivity index (χ3n) is 12.2. The summed E-state index contributed by atoms with van der Waals surface area (Å²) in [7, 11) is 0. The fraction of sp³-hybridized carbons (Fsp3) is 0.903. The van der Waals surface area contributed by atoms with Gasteiger partial charge in [0, 0.05) is 30.3 Å². The molecule has 0 amide bonds. The maximum atomic E-state index is 13.4. The molecular weight excluding hydrogens is 498 g/mol. The van der Waals surface area contributed by atoms with Gasteiger partial charge in [0.15, 0.2) is 5.78 Å². The fourth-order valence-electron chi connectivity index (χ4n) is 9.73. The Bertz CT molecular complexity index is 982. The van der Waals surface area contributed by atoms with Crippen LogP contribution in [0, 0.1) is 40.4 Å². The zero-order valence-electron chi connectivity index (χ0n) is 24.4. The predicted molar refractivity (Wildman–Crippen MR) is 147 cm³/mol. The van der Waals surface area contributed by atoms with Crippen LogP contribution in [0.25, 0.3) is 0 Å². The van der Waals surface area contributed by atoms with Crippen LogP contribution in [0.15, 0.2) is 11.6 Å². The molecule has 1 heterocycles. The monoisotopic (exact) mass is 549 g/mol. The summed E-state index contributed by atoms with van der Waals surface area (Å²) >= 11 is 0. The molecule has 1 aliphatic heterocycles. The van der Waals surface area contributed by atoms with Crippen LogP contribution in [0.2, 0.25) is 0 Å². The van der Waals surface area contributed by atoms with Gasteiger partial charge in [0.25, 0.3) is 0 Å². The van der Waals surface area contributed by atoms with Crippen LogP contribution in [0.1, 0.15) is 79.6 Å². The van der Waals surface area contributed by atoms with E-state index in [4.69, 9.17) is 4.74 Å². The van der Waals surface area contributed by atoms with Crippen molar-refractivity contribution < 1.29 is 35.1 Å². The van der Waals surface area contributed by atoms with E-state index in [0.29, 0.717) is 51.8 Å². The molecule has 5 aliphatic rings. The van der Waals surface area contributed by atoms with Crippen LogP contribution in [0.5, 0.6) is 0 Å². The van der Waals surface area contributed by atoms with Crippen molar-refractivity contribution in [2.75, 3.05) is 19.7 Å². The molecule has 0 aromatic heterocycles. The number of carbonyl (C=O) groups is 1. The molecule has 4 fully saturated rings.